The minimum atomic E-state index is -0.00875. The minimum absolute atomic E-state index is 0.00875. The van der Waals surface area contributed by atoms with Gasteiger partial charge in [0.1, 0.15) is 23.7 Å². The summed E-state index contributed by atoms with van der Waals surface area (Å²) in [5.41, 5.74) is 1.27. The van der Waals surface area contributed by atoms with Crippen LogP contribution < -0.4 is 4.74 Å². The summed E-state index contributed by atoms with van der Waals surface area (Å²) in [6, 6.07) is 3.60. The van der Waals surface area contributed by atoms with Gasteiger partial charge in [0.25, 0.3) is 0 Å². The predicted molar refractivity (Wildman–Crippen MR) is 87.8 cm³/mol. The summed E-state index contributed by atoms with van der Waals surface area (Å²) in [7, 11) is 1.63. The van der Waals surface area contributed by atoms with Crippen molar-refractivity contribution in [3.05, 3.63) is 30.2 Å². The molecule has 0 aliphatic carbocycles. The predicted octanol–water partition coefficient (Wildman–Crippen LogP) is 3.76. The van der Waals surface area contributed by atoms with E-state index < -0.39 is 0 Å². The van der Waals surface area contributed by atoms with E-state index >= 15 is 0 Å². The van der Waals surface area contributed by atoms with Crippen molar-refractivity contribution in [2.24, 2.45) is 0 Å². The molecule has 0 unspecified atom stereocenters. The van der Waals surface area contributed by atoms with Crippen LogP contribution in [0.1, 0.15) is 50.5 Å². The average Bonchev–Trinajstić information content (AvgIpc) is 2.92. The maximum atomic E-state index is 11.3. The van der Waals surface area contributed by atoms with Crippen LogP contribution in [-0.4, -0.2) is 35.5 Å². The number of Topliss-reactive ketones (excluding diaryl/α,β-unsaturated/α-hetero) is 1. The van der Waals surface area contributed by atoms with Crippen molar-refractivity contribution in [3.63, 3.8) is 0 Å². The summed E-state index contributed by atoms with van der Waals surface area (Å²) in [4.78, 5) is 15.5. The zero-order valence-electron chi connectivity index (χ0n) is 14.0. The molecule has 2 rings (SSSR count). The van der Waals surface area contributed by atoms with Crippen molar-refractivity contribution < 1.29 is 14.3 Å². The Morgan fingerprint density at radius 1 is 1.27 bits per heavy atom. The highest BCUT2D eigenvalue weighted by atomic mass is 16.5. The molecule has 2 heterocycles. The van der Waals surface area contributed by atoms with Gasteiger partial charge >= 0.3 is 0 Å². The van der Waals surface area contributed by atoms with Gasteiger partial charge in [-0.05, 0) is 6.07 Å². The standard InChI is InChI=1S/C12H14N2O3.C5H12/c1-9(15)11-8-13-12-7-10(3-4-14(11)12)17-6-5-16-2;1-3-5-4-2/h3-4,7-8H,5-6H2,1-2H3;3-5H2,1-2H3. The molecule has 122 valence electrons. The largest absolute Gasteiger partial charge is 0.491 e. The topological polar surface area (TPSA) is 52.8 Å². The van der Waals surface area contributed by atoms with Crippen LogP contribution in [0.3, 0.4) is 0 Å². The van der Waals surface area contributed by atoms with Crippen molar-refractivity contribution in [1.29, 1.82) is 0 Å². The summed E-state index contributed by atoms with van der Waals surface area (Å²) < 4.78 is 12.1. The van der Waals surface area contributed by atoms with Gasteiger partial charge in [-0.2, -0.15) is 0 Å². The fraction of sp³-hybridized carbons (Fsp3) is 0.529. The van der Waals surface area contributed by atoms with E-state index in [9.17, 15) is 4.79 Å². The number of imidazole rings is 1. The highest BCUT2D eigenvalue weighted by Gasteiger charge is 2.07. The third kappa shape index (κ3) is 5.48. The Labute approximate surface area is 132 Å². The van der Waals surface area contributed by atoms with E-state index in [2.05, 4.69) is 18.8 Å². The van der Waals surface area contributed by atoms with Gasteiger partial charge in [-0.3, -0.25) is 9.20 Å². The molecule has 5 heteroatoms. The van der Waals surface area contributed by atoms with Gasteiger partial charge < -0.3 is 9.47 Å². The molecule has 0 spiro atoms. The van der Waals surface area contributed by atoms with Crippen molar-refractivity contribution >= 4 is 11.4 Å². The van der Waals surface area contributed by atoms with Crippen LogP contribution in [0.5, 0.6) is 5.75 Å². The Balaban J connectivity index is 0.000000422. The second-order valence-electron chi connectivity index (χ2n) is 4.99. The number of aromatic nitrogens is 2. The fourth-order valence-electron chi connectivity index (χ4n) is 1.91. The summed E-state index contributed by atoms with van der Waals surface area (Å²) in [6.45, 7) is 6.98. The van der Waals surface area contributed by atoms with Crippen molar-refractivity contribution in [2.75, 3.05) is 20.3 Å². The normalized spacial score (nSPS) is 10.2. The molecule has 22 heavy (non-hydrogen) atoms. The lowest BCUT2D eigenvalue weighted by Gasteiger charge is -2.05. The maximum absolute atomic E-state index is 11.3. The van der Waals surface area contributed by atoms with Gasteiger partial charge in [-0.15, -0.1) is 0 Å². The van der Waals surface area contributed by atoms with E-state index in [-0.39, 0.29) is 5.78 Å². The van der Waals surface area contributed by atoms with E-state index in [0.717, 1.165) is 5.75 Å². The molecule has 0 aliphatic rings. The highest BCUT2D eigenvalue weighted by molar-refractivity contribution is 5.93. The Morgan fingerprint density at radius 2 is 2.00 bits per heavy atom. The Bertz CT molecular complexity index is 576. The molecule has 0 radical (unpaired) electrons. The molecule has 0 N–H and O–H groups in total. The van der Waals surface area contributed by atoms with Gasteiger partial charge in [-0.1, -0.05) is 33.1 Å². The SMILES string of the molecule is CCCCC.COCCOc1ccn2c(C(C)=O)cnc2c1. The van der Waals surface area contributed by atoms with Gasteiger partial charge in [0.15, 0.2) is 5.78 Å². The van der Waals surface area contributed by atoms with E-state index in [4.69, 9.17) is 9.47 Å². The maximum Gasteiger partial charge on any atom is 0.178 e. The molecular formula is C17H26N2O3. The number of ether oxygens (including phenoxy) is 2. The fourth-order valence-corrected chi connectivity index (χ4v) is 1.91. The number of fused-ring (bicyclic) bond motifs is 1. The summed E-state index contributed by atoms with van der Waals surface area (Å²) >= 11 is 0. The molecule has 5 nitrogen and oxygen atoms in total. The second kappa shape index (κ2) is 9.95. The van der Waals surface area contributed by atoms with E-state index in [1.165, 1.54) is 26.2 Å². The van der Waals surface area contributed by atoms with Crippen LogP contribution in [0.2, 0.25) is 0 Å². The molecule has 2 aromatic heterocycles. The Morgan fingerprint density at radius 3 is 2.55 bits per heavy atom. The Hall–Kier alpha value is -1.88. The van der Waals surface area contributed by atoms with Crippen LogP contribution in [0.4, 0.5) is 0 Å². The molecule has 0 aliphatic heterocycles. The second-order valence-corrected chi connectivity index (χ2v) is 4.99. The quantitative estimate of drug-likeness (QED) is 0.577. The van der Waals surface area contributed by atoms with Gasteiger partial charge in [0.05, 0.1) is 12.8 Å². The third-order valence-electron chi connectivity index (χ3n) is 3.11. The van der Waals surface area contributed by atoms with Crippen LogP contribution >= 0.6 is 0 Å². The minimum Gasteiger partial charge on any atom is -0.491 e. The number of pyridine rings is 1. The van der Waals surface area contributed by atoms with Crippen molar-refractivity contribution in [1.82, 2.24) is 9.38 Å². The zero-order chi connectivity index (χ0) is 16.4. The molecule has 2 aromatic rings. The first-order chi connectivity index (χ1) is 10.6. The number of hydrogen-bond acceptors (Lipinski definition) is 4. The average molecular weight is 306 g/mol. The van der Waals surface area contributed by atoms with Crippen molar-refractivity contribution in [2.45, 2.75) is 40.0 Å². The number of carbonyl (C=O) groups excluding carboxylic acids is 1. The molecule has 0 amide bonds. The molecule has 0 atom stereocenters. The molecule has 0 fully saturated rings. The van der Waals surface area contributed by atoms with Crippen LogP contribution in [-0.2, 0) is 4.74 Å². The highest BCUT2D eigenvalue weighted by Crippen LogP contribution is 2.15. The summed E-state index contributed by atoms with van der Waals surface area (Å²) in [5.74, 6) is 0.709. The first-order valence-corrected chi connectivity index (χ1v) is 7.73. The van der Waals surface area contributed by atoms with Gasteiger partial charge in [0, 0.05) is 26.3 Å². The number of rotatable bonds is 7. The molecular weight excluding hydrogens is 280 g/mol. The lowest BCUT2D eigenvalue weighted by Crippen LogP contribution is -2.05. The first kappa shape index (κ1) is 18.2. The molecule has 0 saturated carbocycles. The zero-order valence-corrected chi connectivity index (χ0v) is 14.0. The summed E-state index contributed by atoms with van der Waals surface area (Å²) in [5, 5.41) is 0. The Kier molecular flexibility index (Phi) is 8.22. The van der Waals surface area contributed by atoms with Crippen LogP contribution in [0, 0.1) is 0 Å². The number of nitrogens with zero attached hydrogens (tertiary/aromatic N) is 2. The lowest BCUT2D eigenvalue weighted by atomic mass is 10.3. The molecule has 0 aromatic carbocycles. The number of carbonyl (C=O) groups is 1. The monoisotopic (exact) mass is 306 g/mol. The van der Waals surface area contributed by atoms with Crippen molar-refractivity contribution in [3.8, 4) is 5.75 Å². The number of hydrogen-bond donors (Lipinski definition) is 0. The number of ketones is 1. The van der Waals surface area contributed by atoms with E-state index in [1.54, 1.807) is 36.0 Å². The first-order valence-electron chi connectivity index (χ1n) is 7.73. The van der Waals surface area contributed by atoms with Gasteiger partial charge in [0.2, 0.25) is 0 Å². The van der Waals surface area contributed by atoms with Crippen LogP contribution in [0.25, 0.3) is 5.65 Å². The van der Waals surface area contributed by atoms with Crippen LogP contribution in [0.15, 0.2) is 24.5 Å². The third-order valence-corrected chi connectivity index (χ3v) is 3.11. The molecule has 0 saturated heterocycles. The van der Waals surface area contributed by atoms with Gasteiger partial charge in [-0.25, -0.2) is 4.98 Å². The molecule has 0 bridgehead atoms. The van der Waals surface area contributed by atoms with E-state index in [1.807, 2.05) is 0 Å². The summed E-state index contributed by atoms with van der Waals surface area (Å²) in [6.07, 6.45) is 7.42. The number of methoxy groups -OCH3 is 1. The lowest BCUT2D eigenvalue weighted by molar-refractivity contribution is 0.101. The number of unbranched alkanes of at least 4 members (excludes halogenated alkanes) is 2. The van der Waals surface area contributed by atoms with E-state index in [0.29, 0.717) is 24.6 Å². The smallest absolute Gasteiger partial charge is 0.178 e.